The van der Waals surface area contributed by atoms with Crippen LogP contribution in [0.5, 0.6) is 0 Å². The molecule has 1 saturated carbocycles. The van der Waals surface area contributed by atoms with Crippen LogP contribution in [-0.4, -0.2) is 25.5 Å². The average molecular weight is 390 g/mol. The highest BCUT2D eigenvalue weighted by Gasteiger charge is 2.30. The fourth-order valence-corrected chi connectivity index (χ4v) is 4.17. The van der Waals surface area contributed by atoms with E-state index in [-0.39, 0.29) is 32.4 Å². The van der Waals surface area contributed by atoms with Crippen LogP contribution in [0.25, 0.3) is 0 Å². The summed E-state index contributed by atoms with van der Waals surface area (Å²) in [4.78, 5) is 12.1. The summed E-state index contributed by atoms with van der Waals surface area (Å²) in [5.41, 5.74) is -0.0297. The molecule has 1 aliphatic rings. The summed E-state index contributed by atoms with van der Waals surface area (Å²) in [5, 5.41) is 6.10. The van der Waals surface area contributed by atoms with Crippen molar-refractivity contribution in [1.29, 1.82) is 0 Å². The van der Waals surface area contributed by atoms with Crippen LogP contribution in [0.2, 0.25) is 10.0 Å². The van der Waals surface area contributed by atoms with Crippen LogP contribution in [0.3, 0.4) is 0 Å². The second-order valence-electron chi connectivity index (χ2n) is 5.43. The standard InChI is InChI=1S/C14H13Cl2N3O4S/c1-7-4-13(18-23-7)17-14(20)9-5-12(11(16)6-10(9)15)24(21,22)19-8-2-3-8/h4-6,8,19H,2-3H2,1H3,(H,17,18,20). The average Bonchev–Trinajstić information content (AvgIpc) is 3.18. The van der Waals surface area contributed by atoms with Crippen LogP contribution in [0.1, 0.15) is 29.0 Å². The second kappa shape index (κ2) is 6.36. The number of amides is 1. The first-order chi connectivity index (χ1) is 11.3. The van der Waals surface area contributed by atoms with Crippen LogP contribution in [0, 0.1) is 6.92 Å². The van der Waals surface area contributed by atoms with E-state index in [1.165, 1.54) is 12.1 Å². The van der Waals surface area contributed by atoms with Gasteiger partial charge >= 0.3 is 0 Å². The zero-order valence-corrected chi connectivity index (χ0v) is 14.8. The zero-order chi connectivity index (χ0) is 17.5. The Balaban J connectivity index is 1.92. The number of nitrogens with one attached hydrogen (secondary N) is 2. The fourth-order valence-electron chi connectivity index (χ4n) is 2.00. The van der Waals surface area contributed by atoms with Gasteiger partial charge < -0.3 is 9.84 Å². The van der Waals surface area contributed by atoms with Crippen molar-refractivity contribution in [2.75, 3.05) is 5.32 Å². The maximum Gasteiger partial charge on any atom is 0.258 e. The quantitative estimate of drug-likeness (QED) is 0.818. The molecule has 7 nitrogen and oxygen atoms in total. The number of nitrogens with zero attached hydrogens (tertiary/aromatic N) is 1. The Bertz CT molecular complexity index is 907. The monoisotopic (exact) mass is 389 g/mol. The molecule has 10 heteroatoms. The minimum absolute atomic E-state index is 0.0297. The summed E-state index contributed by atoms with van der Waals surface area (Å²) >= 11 is 12.0. The van der Waals surface area contributed by atoms with E-state index < -0.39 is 15.9 Å². The molecule has 0 radical (unpaired) electrons. The lowest BCUT2D eigenvalue weighted by Crippen LogP contribution is -2.26. The van der Waals surface area contributed by atoms with Gasteiger partial charge in [-0.15, -0.1) is 0 Å². The third kappa shape index (κ3) is 3.72. The van der Waals surface area contributed by atoms with Crippen LogP contribution in [0.15, 0.2) is 27.6 Å². The number of halogens is 2. The van der Waals surface area contributed by atoms with E-state index >= 15 is 0 Å². The van der Waals surface area contributed by atoms with E-state index in [2.05, 4.69) is 15.2 Å². The van der Waals surface area contributed by atoms with E-state index in [1.807, 2.05) is 0 Å². The summed E-state index contributed by atoms with van der Waals surface area (Å²) < 4.78 is 32.1. The molecule has 0 atom stereocenters. The molecule has 0 unspecified atom stereocenters. The van der Waals surface area contributed by atoms with E-state index in [0.29, 0.717) is 5.76 Å². The maximum absolute atomic E-state index is 12.4. The lowest BCUT2D eigenvalue weighted by Gasteiger charge is -2.11. The molecular weight excluding hydrogens is 377 g/mol. The number of aromatic nitrogens is 1. The molecule has 1 aromatic carbocycles. The van der Waals surface area contributed by atoms with Crippen molar-refractivity contribution in [3.8, 4) is 0 Å². The first kappa shape index (κ1) is 17.2. The summed E-state index contributed by atoms with van der Waals surface area (Å²) in [7, 11) is -3.82. The van der Waals surface area contributed by atoms with Gasteiger partial charge in [0.2, 0.25) is 10.0 Å². The Labute approximate surface area is 148 Å². The summed E-state index contributed by atoms with van der Waals surface area (Å²) in [6.45, 7) is 1.67. The summed E-state index contributed by atoms with van der Waals surface area (Å²) in [6.07, 6.45) is 1.56. The Hall–Kier alpha value is -1.61. The van der Waals surface area contributed by atoms with Crippen molar-refractivity contribution >= 4 is 45.0 Å². The number of rotatable bonds is 5. The first-order valence-corrected chi connectivity index (χ1v) is 9.26. The van der Waals surface area contributed by atoms with Crippen molar-refractivity contribution in [2.24, 2.45) is 0 Å². The SMILES string of the molecule is Cc1cc(NC(=O)c2cc(S(=O)(=O)NC3CC3)c(Cl)cc2Cl)no1. The van der Waals surface area contributed by atoms with Gasteiger partial charge in [0.25, 0.3) is 5.91 Å². The van der Waals surface area contributed by atoms with Crippen molar-refractivity contribution in [3.63, 3.8) is 0 Å². The van der Waals surface area contributed by atoms with Crippen LogP contribution in [0.4, 0.5) is 5.82 Å². The van der Waals surface area contributed by atoms with E-state index in [0.717, 1.165) is 18.9 Å². The minimum atomic E-state index is -3.82. The maximum atomic E-state index is 12.4. The van der Waals surface area contributed by atoms with Gasteiger partial charge in [-0.05, 0) is 31.9 Å². The second-order valence-corrected chi connectivity index (χ2v) is 7.93. The molecule has 1 fully saturated rings. The number of aryl methyl sites for hydroxylation is 1. The van der Waals surface area contributed by atoms with Gasteiger partial charge in [0, 0.05) is 12.1 Å². The van der Waals surface area contributed by atoms with Crippen LogP contribution < -0.4 is 10.0 Å². The molecule has 0 bridgehead atoms. The molecule has 3 rings (SSSR count). The topological polar surface area (TPSA) is 101 Å². The van der Waals surface area contributed by atoms with E-state index in [4.69, 9.17) is 27.7 Å². The fraction of sp³-hybridized carbons (Fsp3) is 0.286. The lowest BCUT2D eigenvalue weighted by atomic mass is 10.2. The van der Waals surface area contributed by atoms with Gasteiger partial charge in [0.05, 0.1) is 15.6 Å². The molecule has 2 aromatic rings. The molecular formula is C14H13Cl2N3O4S. The molecule has 24 heavy (non-hydrogen) atoms. The minimum Gasteiger partial charge on any atom is -0.360 e. The van der Waals surface area contributed by atoms with Crippen molar-refractivity contribution in [3.05, 3.63) is 39.6 Å². The van der Waals surface area contributed by atoms with Gasteiger partial charge in [0.1, 0.15) is 10.7 Å². The predicted octanol–water partition coefficient (Wildman–Crippen LogP) is 2.98. The van der Waals surface area contributed by atoms with E-state index in [1.54, 1.807) is 6.92 Å². The lowest BCUT2D eigenvalue weighted by molar-refractivity contribution is 0.102. The molecule has 1 amide bonds. The molecule has 0 spiro atoms. The molecule has 1 heterocycles. The predicted molar refractivity (Wildman–Crippen MR) is 89.0 cm³/mol. The highest BCUT2D eigenvalue weighted by Crippen LogP contribution is 2.31. The Morgan fingerprint density at radius 1 is 1.25 bits per heavy atom. The normalized spacial score (nSPS) is 14.6. The number of carbonyl (C=O) groups is 1. The molecule has 0 aliphatic heterocycles. The van der Waals surface area contributed by atoms with E-state index in [9.17, 15) is 13.2 Å². The number of hydrogen-bond donors (Lipinski definition) is 2. The van der Waals surface area contributed by atoms with Gasteiger partial charge in [-0.2, -0.15) is 0 Å². The van der Waals surface area contributed by atoms with Crippen molar-refractivity contribution in [2.45, 2.75) is 30.7 Å². The largest absolute Gasteiger partial charge is 0.360 e. The number of carbonyl (C=O) groups excluding carboxylic acids is 1. The van der Waals surface area contributed by atoms with Gasteiger partial charge in [-0.3, -0.25) is 4.79 Å². The molecule has 2 N–H and O–H groups in total. The van der Waals surface area contributed by atoms with Crippen molar-refractivity contribution in [1.82, 2.24) is 9.88 Å². The number of hydrogen-bond acceptors (Lipinski definition) is 5. The van der Waals surface area contributed by atoms with Crippen LogP contribution >= 0.6 is 23.2 Å². The number of anilines is 1. The highest BCUT2D eigenvalue weighted by atomic mass is 35.5. The van der Waals surface area contributed by atoms with Gasteiger partial charge in [0.15, 0.2) is 5.82 Å². The third-order valence-electron chi connectivity index (χ3n) is 3.32. The molecule has 0 saturated heterocycles. The Morgan fingerprint density at radius 2 is 1.96 bits per heavy atom. The van der Waals surface area contributed by atoms with Crippen molar-refractivity contribution < 1.29 is 17.7 Å². The van der Waals surface area contributed by atoms with Gasteiger partial charge in [-0.1, -0.05) is 28.4 Å². The third-order valence-corrected chi connectivity index (χ3v) is 5.62. The molecule has 1 aliphatic carbocycles. The zero-order valence-electron chi connectivity index (χ0n) is 12.5. The summed E-state index contributed by atoms with van der Waals surface area (Å²) in [6, 6.07) is 3.82. The molecule has 128 valence electrons. The smallest absolute Gasteiger partial charge is 0.258 e. The van der Waals surface area contributed by atoms with Gasteiger partial charge in [-0.25, -0.2) is 13.1 Å². The number of benzene rings is 1. The van der Waals surface area contributed by atoms with Crippen LogP contribution in [-0.2, 0) is 10.0 Å². The molecule has 1 aromatic heterocycles. The Kier molecular flexibility index (Phi) is 4.56. The summed E-state index contributed by atoms with van der Waals surface area (Å²) in [5.74, 6) is 0.0984. The number of sulfonamides is 1. The first-order valence-electron chi connectivity index (χ1n) is 7.02. The Morgan fingerprint density at radius 3 is 2.54 bits per heavy atom. The highest BCUT2D eigenvalue weighted by molar-refractivity contribution is 7.89.